The van der Waals surface area contributed by atoms with E-state index in [2.05, 4.69) is 5.32 Å². The molecule has 1 aromatic carbocycles. The van der Waals surface area contributed by atoms with Gasteiger partial charge in [-0.3, -0.25) is 19.7 Å². The molecule has 0 bridgehead atoms. The molecule has 2 aromatic rings. The van der Waals surface area contributed by atoms with Crippen LogP contribution in [0.4, 0.5) is 0 Å². The predicted molar refractivity (Wildman–Crippen MR) is 91.5 cm³/mol. The minimum Gasteiger partial charge on any atom is -0.456 e. The molecule has 6 heteroatoms. The van der Waals surface area contributed by atoms with Gasteiger partial charge in [0.1, 0.15) is 0 Å². The third-order valence-corrected chi connectivity index (χ3v) is 4.17. The van der Waals surface area contributed by atoms with Crippen LogP contribution < -0.4 is 5.32 Å². The van der Waals surface area contributed by atoms with E-state index >= 15 is 0 Å². The maximum absolute atomic E-state index is 11.7. The van der Waals surface area contributed by atoms with E-state index in [0.29, 0.717) is 6.42 Å². The van der Waals surface area contributed by atoms with Crippen LogP contribution >= 0.6 is 11.3 Å². The fraction of sp³-hybridized carbons (Fsp3) is 0.278. The highest BCUT2D eigenvalue weighted by Crippen LogP contribution is 2.12. The minimum absolute atomic E-state index is 0.112. The van der Waals surface area contributed by atoms with Gasteiger partial charge < -0.3 is 4.74 Å². The lowest BCUT2D eigenvalue weighted by Crippen LogP contribution is -2.35. The van der Waals surface area contributed by atoms with Crippen molar-refractivity contribution in [2.75, 3.05) is 6.61 Å². The van der Waals surface area contributed by atoms with Gasteiger partial charge >= 0.3 is 5.97 Å². The fourth-order valence-electron chi connectivity index (χ4n) is 2.10. The number of hydrogen-bond acceptors (Lipinski definition) is 5. The third-order valence-electron chi connectivity index (χ3n) is 3.23. The predicted octanol–water partition coefficient (Wildman–Crippen LogP) is 2.50. The van der Waals surface area contributed by atoms with Crippen molar-refractivity contribution < 1.29 is 19.1 Å². The molecule has 0 saturated heterocycles. The maximum Gasteiger partial charge on any atom is 0.306 e. The topological polar surface area (TPSA) is 72.5 Å². The summed E-state index contributed by atoms with van der Waals surface area (Å²) < 4.78 is 4.87. The smallest absolute Gasteiger partial charge is 0.306 e. The van der Waals surface area contributed by atoms with Gasteiger partial charge in [0.05, 0.1) is 6.42 Å². The number of ether oxygens (including phenoxy) is 1. The summed E-state index contributed by atoms with van der Waals surface area (Å²) in [5, 5.41) is 4.20. The number of amides is 2. The van der Waals surface area contributed by atoms with E-state index in [9.17, 15) is 14.4 Å². The highest BCUT2D eigenvalue weighted by Gasteiger charge is 2.11. The van der Waals surface area contributed by atoms with Crippen LogP contribution in [0.25, 0.3) is 0 Å². The van der Waals surface area contributed by atoms with Crippen LogP contribution in [0.3, 0.4) is 0 Å². The summed E-state index contributed by atoms with van der Waals surface area (Å²) in [5.74, 6) is -1.46. The number of esters is 1. The van der Waals surface area contributed by atoms with E-state index < -0.39 is 24.4 Å². The lowest BCUT2D eigenvalue weighted by atomic mass is 10.1. The van der Waals surface area contributed by atoms with Crippen molar-refractivity contribution in [3.63, 3.8) is 0 Å². The molecule has 0 unspecified atom stereocenters. The van der Waals surface area contributed by atoms with Crippen molar-refractivity contribution in [3.05, 3.63) is 58.3 Å². The molecular formula is C18H19NO4S. The average molecular weight is 345 g/mol. The van der Waals surface area contributed by atoms with Crippen LogP contribution in [0, 0.1) is 0 Å². The van der Waals surface area contributed by atoms with Crippen LogP contribution in [-0.4, -0.2) is 24.4 Å². The van der Waals surface area contributed by atoms with Crippen molar-refractivity contribution in [1.29, 1.82) is 0 Å². The molecule has 1 heterocycles. The molecule has 2 rings (SSSR count). The first-order valence-corrected chi connectivity index (χ1v) is 8.56. The second kappa shape index (κ2) is 9.62. The molecule has 0 radical (unpaired) electrons. The molecule has 0 aliphatic carbocycles. The van der Waals surface area contributed by atoms with Gasteiger partial charge in [-0.15, -0.1) is 11.3 Å². The molecule has 0 spiro atoms. The first-order valence-electron chi connectivity index (χ1n) is 7.68. The molecule has 0 saturated carbocycles. The van der Waals surface area contributed by atoms with Crippen molar-refractivity contribution in [1.82, 2.24) is 5.32 Å². The van der Waals surface area contributed by atoms with Gasteiger partial charge in [-0.25, -0.2) is 0 Å². The summed E-state index contributed by atoms with van der Waals surface area (Å²) in [7, 11) is 0. The summed E-state index contributed by atoms with van der Waals surface area (Å²) in [6.45, 7) is -0.432. The molecule has 0 fully saturated rings. The number of imide groups is 1. The number of thiophene rings is 1. The van der Waals surface area contributed by atoms with E-state index in [4.69, 9.17) is 4.74 Å². The zero-order valence-electron chi connectivity index (χ0n) is 13.2. The molecule has 0 aliphatic rings. The number of rotatable bonds is 8. The van der Waals surface area contributed by atoms with Crippen molar-refractivity contribution in [3.8, 4) is 0 Å². The SMILES string of the molecule is O=C(COC(=O)CCCc1cccs1)NC(=O)Cc1ccccc1. The van der Waals surface area contributed by atoms with E-state index in [-0.39, 0.29) is 12.8 Å². The van der Waals surface area contributed by atoms with Crippen molar-refractivity contribution in [2.24, 2.45) is 0 Å². The molecular weight excluding hydrogens is 326 g/mol. The zero-order valence-corrected chi connectivity index (χ0v) is 14.0. The normalized spacial score (nSPS) is 10.2. The molecule has 5 nitrogen and oxygen atoms in total. The van der Waals surface area contributed by atoms with Gasteiger partial charge in [0.2, 0.25) is 5.91 Å². The zero-order chi connectivity index (χ0) is 17.2. The molecule has 126 valence electrons. The van der Waals surface area contributed by atoms with Gasteiger partial charge in [0.15, 0.2) is 6.61 Å². The van der Waals surface area contributed by atoms with Crippen LogP contribution in [-0.2, 0) is 32.0 Å². The highest BCUT2D eigenvalue weighted by atomic mass is 32.1. The Hall–Kier alpha value is -2.47. The second-order valence-electron chi connectivity index (χ2n) is 5.23. The van der Waals surface area contributed by atoms with Crippen LogP contribution in [0.15, 0.2) is 47.8 Å². The number of hydrogen-bond donors (Lipinski definition) is 1. The first-order chi connectivity index (χ1) is 11.6. The molecule has 1 N–H and O–H groups in total. The Morgan fingerprint density at radius 1 is 1.00 bits per heavy atom. The van der Waals surface area contributed by atoms with Crippen molar-refractivity contribution in [2.45, 2.75) is 25.7 Å². The van der Waals surface area contributed by atoms with E-state index in [1.807, 2.05) is 35.7 Å². The Balaban J connectivity index is 1.59. The van der Waals surface area contributed by atoms with Crippen LogP contribution in [0.5, 0.6) is 0 Å². The minimum atomic E-state index is -0.609. The Morgan fingerprint density at radius 2 is 1.79 bits per heavy atom. The summed E-state index contributed by atoms with van der Waals surface area (Å²) >= 11 is 1.65. The Kier molecular flexibility index (Phi) is 7.17. The Bertz CT molecular complexity index is 668. The maximum atomic E-state index is 11.7. The number of benzene rings is 1. The van der Waals surface area contributed by atoms with E-state index in [1.54, 1.807) is 23.5 Å². The lowest BCUT2D eigenvalue weighted by molar-refractivity contribution is -0.149. The summed E-state index contributed by atoms with van der Waals surface area (Å²) in [4.78, 5) is 36.1. The molecule has 0 aliphatic heterocycles. The number of carbonyl (C=O) groups is 3. The summed E-state index contributed by atoms with van der Waals surface area (Å²) in [6, 6.07) is 13.1. The standard InChI is InChI=1S/C18H19NO4S/c20-16(12-14-6-2-1-3-7-14)19-17(21)13-23-18(22)10-4-8-15-9-5-11-24-15/h1-3,5-7,9,11H,4,8,10,12-13H2,(H,19,20,21). The lowest BCUT2D eigenvalue weighted by Gasteiger charge is -2.06. The summed E-state index contributed by atoms with van der Waals surface area (Å²) in [5.41, 5.74) is 0.813. The fourth-order valence-corrected chi connectivity index (χ4v) is 2.85. The Morgan fingerprint density at radius 3 is 2.50 bits per heavy atom. The number of carbonyl (C=O) groups excluding carboxylic acids is 3. The largest absolute Gasteiger partial charge is 0.456 e. The third kappa shape index (κ3) is 6.75. The Labute approximate surface area is 144 Å². The quantitative estimate of drug-likeness (QED) is 0.746. The van der Waals surface area contributed by atoms with E-state index in [1.165, 1.54) is 4.88 Å². The van der Waals surface area contributed by atoms with Crippen molar-refractivity contribution >= 4 is 29.1 Å². The molecule has 1 aromatic heterocycles. The monoisotopic (exact) mass is 345 g/mol. The van der Waals surface area contributed by atoms with Crippen LogP contribution in [0.1, 0.15) is 23.3 Å². The van der Waals surface area contributed by atoms with Gasteiger partial charge in [0, 0.05) is 11.3 Å². The average Bonchev–Trinajstić information content (AvgIpc) is 3.07. The number of aryl methyl sites for hydroxylation is 1. The second-order valence-corrected chi connectivity index (χ2v) is 6.26. The number of nitrogens with one attached hydrogen (secondary N) is 1. The molecule has 2 amide bonds. The van der Waals surface area contributed by atoms with Gasteiger partial charge in [-0.2, -0.15) is 0 Å². The van der Waals surface area contributed by atoms with Gasteiger partial charge in [-0.05, 0) is 29.9 Å². The van der Waals surface area contributed by atoms with E-state index in [0.717, 1.165) is 12.0 Å². The molecule has 0 atom stereocenters. The first kappa shape index (κ1) is 17.9. The van der Waals surface area contributed by atoms with Gasteiger partial charge in [0.25, 0.3) is 5.91 Å². The van der Waals surface area contributed by atoms with Crippen LogP contribution in [0.2, 0.25) is 0 Å². The summed E-state index contributed by atoms with van der Waals surface area (Å²) in [6.07, 6.45) is 1.85. The van der Waals surface area contributed by atoms with Gasteiger partial charge in [-0.1, -0.05) is 36.4 Å². The highest BCUT2D eigenvalue weighted by molar-refractivity contribution is 7.09. The molecule has 24 heavy (non-hydrogen) atoms.